The van der Waals surface area contributed by atoms with Crippen LogP contribution in [0.3, 0.4) is 0 Å². The van der Waals surface area contributed by atoms with Gasteiger partial charge in [0.15, 0.2) is 11.5 Å². The second-order valence-electron chi connectivity index (χ2n) is 9.57. The van der Waals surface area contributed by atoms with Gasteiger partial charge in [-0.05, 0) is 41.2 Å². The van der Waals surface area contributed by atoms with Crippen LogP contribution < -0.4 is 9.47 Å². The second kappa shape index (κ2) is 9.50. The van der Waals surface area contributed by atoms with E-state index in [9.17, 15) is 14.7 Å². The molecule has 0 saturated carbocycles. The number of benzene rings is 2. The molecule has 0 bridgehead atoms. The van der Waals surface area contributed by atoms with Crippen molar-refractivity contribution in [1.29, 1.82) is 0 Å². The normalized spacial score (nSPS) is 19.5. The van der Waals surface area contributed by atoms with Crippen molar-refractivity contribution in [3.05, 3.63) is 64.7 Å². The highest BCUT2D eigenvalue weighted by Crippen LogP contribution is 2.41. The van der Waals surface area contributed by atoms with Gasteiger partial charge in [0.25, 0.3) is 11.7 Å². The third-order valence-electron chi connectivity index (χ3n) is 6.20. The van der Waals surface area contributed by atoms with Gasteiger partial charge >= 0.3 is 0 Å². The first-order valence-corrected chi connectivity index (χ1v) is 11.5. The van der Waals surface area contributed by atoms with Gasteiger partial charge in [0, 0.05) is 25.8 Å². The maximum atomic E-state index is 13.2. The van der Waals surface area contributed by atoms with Crippen molar-refractivity contribution < 1.29 is 28.9 Å². The molecular formula is C27H31NO6. The fourth-order valence-electron chi connectivity index (χ4n) is 4.35. The SMILES string of the molecule is COCCCN1C(=O)C(=O)C(=C(O)c2ccc3c(c2)OCCO3)[C@@H]1c1ccc(C(C)(C)C)cc1. The maximum absolute atomic E-state index is 13.2. The zero-order chi connectivity index (χ0) is 24.5. The lowest BCUT2D eigenvalue weighted by atomic mass is 9.85. The number of carbonyl (C=O) groups excluding carboxylic acids is 2. The van der Waals surface area contributed by atoms with Gasteiger partial charge in [0.2, 0.25) is 0 Å². The van der Waals surface area contributed by atoms with Crippen molar-refractivity contribution in [2.45, 2.75) is 38.6 Å². The third kappa shape index (κ3) is 4.53. The molecule has 34 heavy (non-hydrogen) atoms. The Morgan fingerprint density at radius 3 is 2.38 bits per heavy atom. The Morgan fingerprint density at radius 1 is 1.06 bits per heavy atom. The number of hydrogen-bond donors (Lipinski definition) is 1. The Bertz CT molecular complexity index is 1110. The topological polar surface area (TPSA) is 85.3 Å². The fourth-order valence-corrected chi connectivity index (χ4v) is 4.35. The number of aliphatic hydroxyl groups excluding tert-OH is 1. The minimum absolute atomic E-state index is 0.0377. The van der Waals surface area contributed by atoms with Gasteiger partial charge in [-0.1, -0.05) is 45.0 Å². The van der Waals surface area contributed by atoms with E-state index in [1.807, 2.05) is 24.3 Å². The fraction of sp³-hybridized carbons (Fsp3) is 0.407. The van der Waals surface area contributed by atoms with Gasteiger partial charge in [-0.3, -0.25) is 9.59 Å². The molecule has 2 aliphatic heterocycles. The van der Waals surface area contributed by atoms with E-state index < -0.39 is 17.7 Å². The molecule has 4 rings (SSSR count). The molecule has 1 amide bonds. The van der Waals surface area contributed by atoms with Gasteiger partial charge in [0.05, 0.1) is 11.6 Å². The lowest BCUT2D eigenvalue weighted by Gasteiger charge is -2.26. The van der Waals surface area contributed by atoms with Gasteiger partial charge < -0.3 is 24.2 Å². The highest BCUT2D eigenvalue weighted by molar-refractivity contribution is 6.46. The van der Waals surface area contributed by atoms with Crippen molar-refractivity contribution in [3.8, 4) is 11.5 Å². The van der Waals surface area contributed by atoms with E-state index in [4.69, 9.17) is 14.2 Å². The summed E-state index contributed by atoms with van der Waals surface area (Å²) < 4.78 is 16.3. The Kier molecular flexibility index (Phi) is 6.66. The summed E-state index contributed by atoms with van der Waals surface area (Å²) >= 11 is 0. The molecule has 2 heterocycles. The minimum atomic E-state index is -0.699. The van der Waals surface area contributed by atoms with Crippen LogP contribution in [0.15, 0.2) is 48.0 Å². The highest BCUT2D eigenvalue weighted by atomic mass is 16.6. The number of methoxy groups -OCH3 is 1. The average molecular weight is 466 g/mol. The number of nitrogens with zero attached hydrogens (tertiary/aromatic N) is 1. The predicted octanol–water partition coefficient (Wildman–Crippen LogP) is 4.21. The van der Waals surface area contributed by atoms with Crippen LogP contribution in [0.2, 0.25) is 0 Å². The highest BCUT2D eigenvalue weighted by Gasteiger charge is 2.45. The summed E-state index contributed by atoms with van der Waals surface area (Å²) in [5.74, 6) is -0.475. The molecule has 1 fully saturated rings. The Hall–Kier alpha value is -3.32. The molecule has 1 saturated heterocycles. The molecule has 0 aliphatic carbocycles. The van der Waals surface area contributed by atoms with Crippen LogP contribution in [0, 0.1) is 0 Å². The Morgan fingerprint density at radius 2 is 1.74 bits per heavy atom. The first-order valence-electron chi connectivity index (χ1n) is 11.5. The molecule has 7 heteroatoms. The second-order valence-corrected chi connectivity index (χ2v) is 9.57. The molecule has 1 atom stereocenters. The monoisotopic (exact) mass is 465 g/mol. The van der Waals surface area contributed by atoms with Crippen LogP contribution >= 0.6 is 0 Å². The lowest BCUT2D eigenvalue weighted by molar-refractivity contribution is -0.140. The molecule has 2 aromatic rings. The quantitative estimate of drug-likeness (QED) is 0.298. The number of fused-ring (bicyclic) bond motifs is 1. The van der Waals surface area contributed by atoms with Crippen LogP contribution in [-0.2, 0) is 19.7 Å². The number of ether oxygens (including phenoxy) is 3. The summed E-state index contributed by atoms with van der Waals surface area (Å²) in [5, 5.41) is 11.3. The van der Waals surface area contributed by atoms with Crippen LogP contribution in [0.5, 0.6) is 11.5 Å². The molecule has 0 unspecified atom stereocenters. The predicted molar refractivity (Wildman–Crippen MR) is 128 cm³/mol. The Balaban J connectivity index is 1.80. The van der Waals surface area contributed by atoms with E-state index in [1.165, 1.54) is 4.90 Å². The third-order valence-corrected chi connectivity index (χ3v) is 6.20. The molecule has 2 aromatic carbocycles. The van der Waals surface area contributed by atoms with Gasteiger partial charge in [-0.15, -0.1) is 0 Å². The van der Waals surface area contributed by atoms with E-state index in [1.54, 1.807) is 25.3 Å². The number of carbonyl (C=O) groups is 2. The zero-order valence-corrected chi connectivity index (χ0v) is 20.1. The standard InChI is InChI=1S/C27H31NO6/c1-27(2,3)19-9-6-17(7-10-19)23-22(25(30)26(31)28(23)12-5-13-32-4)24(29)18-8-11-20-21(16-18)34-15-14-33-20/h6-11,16,23,29H,5,12-15H2,1-4H3/t23-/m0/s1. The molecular weight excluding hydrogens is 434 g/mol. The number of amides is 1. The number of aliphatic hydroxyl groups is 1. The molecule has 2 aliphatic rings. The number of likely N-dealkylation sites (tertiary alicyclic amines) is 1. The Labute approximate surface area is 199 Å². The van der Waals surface area contributed by atoms with Gasteiger partial charge in [0.1, 0.15) is 19.0 Å². The molecule has 1 N–H and O–H groups in total. The number of hydrogen-bond acceptors (Lipinski definition) is 6. The van der Waals surface area contributed by atoms with Gasteiger partial charge in [-0.2, -0.15) is 0 Å². The summed E-state index contributed by atoms with van der Waals surface area (Å²) in [6.45, 7) is 8.03. The smallest absolute Gasteiger partial charge is 0.295 e. The van der Waals surface area contributed by atoms with Crippen LogP contribution in [-0.4, -0.2) is 55.2 Å². The van der Waals surface area contributed by atoms with Crippen molar-refractivity contribution in [2.75, 3.05) is 33.5 Å². The zero-order valence-electron chi connectivity index (χ0n) is 20.1. The minimum Gasteiger partial charge on any atom is -0.507 e. The molecule has 0 radical (unpaired) electrons. The van der Waals surface area contributed by atoms with E-state index in [0.717, 1.165) is 11.1 Å². The summed E-state index contributed by atoms with van der Waals surface area (Å²) in [6.07, 6.45) is 0.574. The van der Waals surface area contributed by atoms with E-state index in [0.29, 0.717) is 49.8 Å². The van der Waals surface area contributed by atoms with Crippen molar-refractivity contribution in [1.82, 2.24) is 4.90 Å². The maximum Gasteiger partial charge on any atom is 0.295 e. The summed E-state index contributed by atoms with van der Waals surface area (Å²) in [7, 11) is 1.60. The molecule has 0 aromatic heterocycles. The molecule has 180 valence electrons. The average Bonchev–Trinajstić information content (AvgIpc) is 3.08. The van der Waals surface area contributed by atoms with Crippen LogP contribution in [0.25, 0.3) is 5.76 Å². The van der Waals surface area contributed by atoms with E-state index in [-0.39, 0.29) is 16.7 Å². The van der Waals surface area contributed by atoms with E-state index >= 15 is 0 Å². The number of ketones is 1. The lowest BCUT2D eigenvalue weighted by Crippen LogP contribution is -2.31. The first-order chi connectivity index (χ1) is 16.2. The van der Waals surface area contributed by atoms with Crippen LogP contribution in [0.1, 0.15) is 49.9 Å². The van der Waals surface area contributed by atoms with Crippen molar-refractivity contribution in [2.24, 2.45) is 0 Å². The summed E-state index contributed by atoms with van der Waals surface area (Å²) in [6, 6.07) is 12.2. The first kappa shape index (κ1) is 23.8. The van der Waals surface area contributed by atoms with Crippen molar-refractivity contribution >= 4 is 17.4 Å². The molecule has 7 nitrogen and oxygen atoms in total. The van der Waals surface area contributed by atoms with E-state index in [2.05, 4.69) is 20.8 Å². The van der Waals surface area contributed by atoms with Crippen LogP contribution in [0.4, 0.5) is 0 Å². The number of rotatable bonds is 6. The summed E-state index contributed by atoms with van der Waals surface area (Å²) in [5.41, 5.74) is 2.34. The van der Waals surface area contributed by atoms with Gasteiger partial charge in [-0.25, -0.2) is 0 Å². The molecule has 0 spiro atoms. The van der Waals surface area contributed by atoms with Crippen molar-refractivity contribution in [3.63, 3.8) is 0 Å². The largest absolute Gasteiger partial charge is 0.507 e. The number of Topliss-reactive ketones (excluding diaryl/α,β-unsaturated/α-hetero) is 1. The summed E-state index contributed by atoms with van der Waals surface area (Å²) in [4.78, 5) is 27.7.